The lowest BCUT2D eigenvalue weighted by Crippen LogP contribution is -2.38. The van der Waals surface area contributed by atoms with Crippen molar-refractivity contribution in [2.24, 2.45) is 5.92 Å². The predicted octanol–water partition coefficient (Wildman–Crippen LogP) is 2.09. The maximum Gasteiger partial charge on any atom is 0.254 e. The highest BCUT2D eigenvalue weighted by atomic mass is 16.2. The van der Waals surface area contributed by atoms with E-state index in [0.717, 1.165) is 31.0 Å². The lowest BCUT2D eigenvalue weighted by molar-refractivity contribution is 0.0732. The Morgan fingerprint density at radius 2 is 2.07 bits per heavy atom. The van der Waals surface area contributed by atoms with Crippen LogP contribution in [0, 0.1) is 5.92 Å². The van der Waals surface area contributed by atoms with Crippen LogP contribution < -0.4 is 0 Å². The van der Waals surface area contributed by atoms with Crippen molar-refractivity contribution in [1.82, 2.24) is 4.90 Å². The number of amides is 1. The van der Waals surface area contributed by atoms with Gasteiger partial charge in [0.25, 0.3) is 5.91 Å². The van der Waals surface area contributed by atoms with Crippen LogP contribution in [-0.4, -0.2) is 23.9 Å². The van der Waals surface area contributed by atoms with Crippen LogP contribution in [-0.2, 0) is 6.42 Å². The molecule has 1 amide bonds. The molecule has 1 fully saturated rings. The predicted molar refractivity (Wildman–Crippen MR) is 58.8 cm³/mol. The third-order valence-electron chi connectivity index (χ3n) is 3.36. The zero-order chi connectivity index (χ0) is 10.3. The molecular formula is C13H15NO. The van der Waals surface area contributed by atoms with Gasteiger partial charge in [0.1, 0.15) is 0 Å². The lowest BCUT2D eigenvalue weighted by atomic mass is 9.99. The molecule has 1 aliphatic heterocycles. The summed E-state index contributed by atoms with van der Waals surface area (Å²) in [7, 11) is 0. The van der Waals surface area contributed by atoms with Crippen LogP contribution in [0.3, 0.4) is 0 Å². The molecule has 1 aromatic carbocycles. The van der Waals surface area contributed by atoms with E-state index in [1.807, 2.05) is 23.1 Å². The highest BCUT2D eigenvalue weighted by Gasteiger charge is 2.30. The molecule has 1 aromatic rings. The van der Waals surface area contributed by atoms with Crippen molar-refractivity contribution in [2.75, 3.05) is 13.1 Å². The number of hydrogen-bond donors (Lipinski definition) is 0. The van der Waals surface area contributed by atoms with Gasteiger partial charge in [-0.2, -0.15) is 0 Å². The lowest BCUT2D eigenvalue weighted by Gasteiger charge is -2.28. The number of benzene rings is 1. The van der Waals surface area contributed by atoms with Gasteiger partial charge in [-0.05, 0) is 36.8 Å². The van der Waals surface area contributed by atoms with Crippen molar-refractivity contribution in [2.45, 2.75) is 19.3 Å². The van der Waals surface area contributed by atoms with Gasteiger partial charge < -0.3 is 4.90 Å². The van der Waals surface area contributed by atoms with Gasteiger partial charge in [0.15, 0.2) is 0 Å². The fraction of sp³-hybridized carbons (Fsp3) is 0.462. The average molecular weight is 201 g/mol. The normalized spacial score (nSPS) is 20.3. The summed E-state index contributed by atoms with van der Waals surface area (Å²) >= 11 is 0. The minimum atomic E-state index is 0.240. The topological polar surface area (TPSA) is 20.3 Å². The van der Waals surface area contributed by atoms with Gasteiger partial charge in [-0.25, -0.2) is 0 Å². The highest BCUT2D eigenvalue weighted by Crippen LogP contribution is 2.31. The van der Waals surface area contributed by atoms with Crippen LogP contribution in [0.15, 0.2) is 24.3 Å². The van der Waals surface area contributed by atoms with E-state index in [0.29, 0.717) is 0 Å². The van der Waals surface area contributed by atoms with Crippen LogP contribution >= 0.6 is 0 Å². The second-order valence-electron chi connectivity index (χ2n) is 4.60. The second kappa shape index (κ2) is 3.37. The summed E-state index contributed by atoms with van der Waals surface area (Å²) in [4.78, 5) is 14.1. The first-order valence-electron chi connectivity index (χ1n) is 5.72. The second-order valence-corrected chi connectivity index (χ2v) is 4.60. The molecule has 78 valence electrons. The molecule has 0 bridgehead atoms. The summed E-state index contributed by atoms with van der Waals surface area (Å²) in [5.41, 5.74) is 2.14. The van der Waals surface area contributed by atoms with Gasteiger partial charge >= 0.3 is 0 Å². The van der Waals surface area contributed by atoms with Crippen molar-refractivity contribution in [3.05, 3.63) is 35.4 Å². The van der Waals surface area contributed by atoms with Crippen LogP contribution in [0.1, 0.15) is 28.8 Å². The molecule has 0 radical (unpaired) electrons. The number of carbonyl (C=O) groups excluding carboxylic acids is 1. The number of rotatable bonds is 2. The van der Waals surface area contributed by atoms with Crippen LogP contribution in [0.25, 0.3) is 0 Å². The van der Waals surface area contributed by atoms with E-state index >= 15 is 0 Å². The van der Waals surface area contributed by atoms with Gasteiger partial charge in [0.05, 0.1) is 0 Å². The molecule has 2 heteroatoms. The first kappa shape index (κ1) is 8.96. The summed E-state index contributed by atoms with van der Waals surface area (Å²) < 4.78 is 0. The Morgan fingerprint density at radius 1 is 1.27 bits per heavy atom. The summed E-state index contributed by atoms with van der Waals surface area (Å²) in [6, 6.07) is 8.00. The monoisotopic (exact) mass is 201 g/mol. The molecule has 0 N–H and O–H groups in total. The summed E-state index contributed by atoms with van der Waals surface area (Å²) in [6.07, 6.45) is 3.64. The van der Waals surface area contributed by atoms with Crippen LogP contribution in [0.4, 0.5) is 0 Å². The van der Waals surface area contributed by atoms with E-state index < -0.39 is 0 Å². The molecule has 0 aromatic heterocycles. The zero-order valence-electron chi connectivity index (χ0n) is 8.78. The van der Waals surface area contributed by atoms with Gasteiger partial charge in [-0.15, -0.1) is 0 Å². The average Bonchev–Trinajstić information content (AvgIpc) is 3.07. The molecular weight excluding hydrogens is 186 g/mol. The molecule has 15 heavy (non-hydrogen) atoms. The first-order valence-corrected chi connectivity index (χ1v) is 5.72. The smallest absolute Gasteiger partial charge is 0.254 e. The largest absolute Gasteiger partial charge is 0.338 e. The van der Waals surface area contributed by atoms with Gasteiger partial charge in [0.2, 0.25) is 0 Å². The Bertz CT molecular complexity index is 395. The maximum absolute atomic E-state index is 12.1. The minimum absolute atomic E-state index is 0.240. The zero-order valence-corrected chi connectivity index (χ0v) is 8.78. The summed E-state index contributed by atoms with van der Waals surface area (Å²) in [6.45, 7) is 1.89. The third kappa shape index (κ3) is 1.65. The van der Waals surface area contributed by atoms with Crippen molar-refractivity contribution >= 4 is 5.91 Å². The molecule has 1 heterocycles. The third-order valence-corrected chi connectivity index (χ3v) is 3.36. The van der Waals surface area contributed by atoms with E-state index in [1.54, 1.807) is 0 Å². The Morgan fingerprint density at radius 3 is 2.87 bits per heavy atom. The molecule has 0 spiro atoms. The standard InChI is InChI=1S/C13H15NO/c15-13-12-4-2-1-3-11(12)7-8-14(13)9-10-5-6-10/h1-4,10H,5-9H2. The Balaban J connectivity index is 1.84. The Labute approximate surface area is 89.9 Å². The Hall–Kier alpha value is -1.31. The Kier molecular flexibility index (Phi) is 2.01. The molecule has 0 atom stereocenters. The first-order chi connectivity index (χ1) is 7.34. The number of fused-ring (bicyclic) bond motifs is 1. The van der Waals surface area contributed by atoms with Gasteiger partial charge in [-0.3, -0.25) is 4.79 Å². The molecule has 2 aliphatic rings. The molecule has 1 aliphatic carbocycles. The molecule has 3 rings (SSSR count). The van der Waals surface area contributed by atoms with Crippen molar-refractivity contribution in [1.29, 1.82) is 0 Å². The molecule has 0 saturated heterocycles. The summed E-state index contributed by atoms with van der Waals surface area (Å²) in [5.74, 6) is 1.03. The fourth-order valence-corrected chi connectivity index (χ4v) is 2.26. The number of hydrogen-bond acceptors (Lipinski definition) is 1. The van der Waals surface area contributed by atoms with E-state index in [2.05, 4.69) is 6.07 Å². The number of nitrogens with zero attached hydrogens (tertiary/aromatic N) is 1. The van der Waals surface area contributed by atoms with E-state index in [1.165, 1.54) is 18.4 Å². The van der Waals surface area contributed by atoms with E-state index in [4.69, 9.17) is 0 Å². The molecule has 0 unspecified atom stereocenters. The molecule has 1 saturated carbocycles. The van der Waals surface area contributed by atoms with Crippen molar-refractivity contribution in [3.8, 4) is 0 Å². The van der Waals surface area contributed by atoms with E-state index in [-0.39, 0.29) is 5.91 Å². The minimum Gasteiger partial charge on any atom is -0.338 e. The number of carbonyl (C=O) groups is 1. The fourth-order valence-electron chi connectivity index (χ4n) is 2.26. The quantitative estimate of drug-likeness (QED) is 0.717. The molecule has 2 nitrogen and oxygen atoms in total. The van der Waals surface area contributed by atoms with Crippen molar-refractivity contribution < 1.29 is 4.79 Å². The van der Waals surface area contributed by atoms with Crippen LogP contribution in [0.5, 0.6) is 0 Å². The van der Waals surface area contributed by atoms with Crippen molar-refractivity contribution in [3.63, 3.8) is 0 Å². The van der Waals surface area contributed by atoms with Gasteiger partial charge in [-0.1, -0.05) is 18.2 Å². The highest BCUT2D eigenvalue weighted by molar-refractivity contribution is 5.96. The van der Waals surface area contributed by atoms with Gasteiger partial charge in [0, 0.05) is 18.7 Å². The summed E-state index contributed by atoms with van der Waals surface area (Å²) in [5, 5.41) is 0. The maximum atomic E-state index is 12.1. The SMILES string of the molecule is O=C1c2ccccc2CCN1CC1CC1. The van der Waals surface area contributed by atoms with E-state index in [9.17, 15) is 4.79 Å². The van der Waals surface area contributed by atoms with Crippen LogP contribution in [0.2, 0.25) is 0 Å².